The van der Waals surface area contributed by atoms with Gasteiger partial charge in [-0.1, -0.05) is 25.8 Å². The predicted molar refractivity (Wildman–Crippen MR) is 104 cm³/mol. The van der Waals surface area contributed by atoms with Crippen LogP contribution < -0.4 is 15.4 Å². The zero-order valence-electron chi connectivity index (χ0n) is 15.9. The summed E-state index contributed by atoms with van der Waals surface area (Å²) in [6, 6.07) is 7.82. The first-order chi connectivity index (χ1) is 12.0. The van der Waals surface area contributed by atoms with Crippen LogP contribution in [0.1, 0.15) is 46.1 Å². The fourth-order valence-electron chi connectivity index (χ4n) is 1.65. The Bertz CT molecular complexity index is 589. The summed E-state index contributed by atoms with van der Waals surface area (Å²) < 4.78 is 10.3. The van der Waals surface area contributed by atoms with Crippen molar-refractivity contribution < 1.29 is 14.3 Å². The van der Waals surface area contributed by atoms with Crippen molar-refractivity contribution in [2.24, 2.45) is 0 Å². The number of hydrogen-bond donors (Lipinski definition) is 2. The molecule has 2 N–H and O–H groups in total. The Kier molecular flexibility index (Phi) is 12.4. The van der Waals surface area contributed by atoms with Gasteiger partial charge in [-0.25, -0.2) is 4.79 Å². The number of anilines is 1. The molecule has 0 spiro atoms. The number of nitrogens with one attached hydrogen (secondary N) is 2. The van der Waals surface area contributed by atoms with Gasteiger partial charge >= 0.3 is 6.09 Å². The number of carbonyl (C=O) groups is 1. The molecular formula is C20H30N2O3. The molecule has 138 valence electrons. The van der Waals surface area contributed by atoms with Crippen LogP contribution in [0.15, 0.2) is 30.0 Å². The highest BCUT2D eigenvalue weighted by Crippen LogP contribution is 2.22. The number of ether oxygens (including phenoxy) is 2. The van der Waals surface area contributed by atoms with Gasteiger partial charge in [-0.3, -0.25) is 5.32 Å². The van der Waals surface area contributed by atoms with Gasteiger partial charge < -0.3 is 14.8 Å². The molecule has 0 radical (unpaired) electrons. The molecule has 25 heavy (non-hydrogen) atoms. The van der Waals surface area contributed by atoms with Crippen molar-refractivity contribution >= 4 is 11.8 Å². The van der Waals surface area contributed by atoms with Crippen LogP contribution in [0.5, 0.6) is 5.75 Å². The maximum atomic E-state index is 11.2. The van der Waals surface area contributed by atoms with Crippen molar-refractivity contribution in [3.05, 3.63) is 35.5 Å². The average molecular weight is 346 g/mol. The van der Waals surface area contributed by atoms with E-state index in [1.54, 1.807) is 13.0 Å². The minimum absolute atomic E-state index is 0.364. The third kappa shape index (κ3) is 10.7. The molecule has 0 saturated carbocycles. The third-order valence-corrected chi connectivity index (χ3v) is 3.12. The second-order valence-electron chi connectivity index (χ2n) is 5.31. The van der Waals surface area contributed by atoms with E-state index in [4.69, 9.17) is 15.9 Å². The summed E-state index contributed by atoms with van der Waals surface area (Å²) in [6.45, 7) is 11.0. The van der Waals surface area contributed by atoms with Crippen molar-refractivity contribution in [2.45, 2.75) is 47.5 Å². The number of amides is 1. The second kappa shape index (κ2) is 13.8. The number of benzene rings is 1. The van der Waals surface area contributed by atoms with E-state index in [2.05, 4.69) is 30.5 Å². The Morgan fingerprint density at radius 1 is 1.32 bits per heavy atom. The molecular weight excluding hydrogens is 316 g/mol. The summed E-state index contributed by atoms with van der Waals surface area (Å²) in [4.78, 5) is 11.2. The maximum Gasteiger partial charge on any atom is 0.411 e. The lowest BCUT2D eigenvalue weighted by Gasteiger charge is -2.10. The van der Waals surface area contributed by atoms with Gasteiger partial charge in [-0.05, 0) is 57.4 Å². The van der Waals surface area contributed by atoms with E-state index >= 15 is 0 Å². The summed E-state index contributed by atoms with van der Waals surface area (Å²) >= 11 is 0. The molecule has 0 saturated heterocycles. The highest BCUT2D eigenvalue weighted by atomic mass is 16.5. The number of carbonyl (C=O) groups excluding carboxylic acids is 1. The molecule has 0 heterocycles. The van der Waals surface area contributed by atoms with Crippen LogP contribution in [0.2, 0.25) is 0 Å². The summed E-state index contributed by atoms with van der Waals surface area (Å²) in [5.74, 6) is 0.848. The summed E-state index contributed by atoms with van der Waals surface area (Å²) in [5.41, 5.74) is 2.97. The standard InChI is InChI=1S/C13H19NO3.C7H11N/c1-4-8-17-12-7-6-11(9-10(12)3)14-13(15)16-5-2;1-4-7(3)6-8-5-2/h6-7,9H,4-5,8H2,1-3H3,(H,14,15);2,6,8H,4H2,1,3H3/b;7-6+. The van der Waals surface area contributed by atoms with Crippen molar-refractivity contribution in [1.82, 2.24) is 5.32 Å². The molecule has 5 heteroatoms. The van der Waals surface area contributed by atoms with Gasteiger partial charge in [-0.15, -0.1) is 0 Å². The van der Waals surface area contributed by atoms with E-state index in [1.807, 2.05) is 32.2 Å². The maximum absolute atomic E-state index is 11.2. The lowest BCUT2D eigenvalue weighted by molar-refractivity contribution is 0.168. The number of allylic oxidation sites excluding steroid dienone is 1. The lowest BCUT2D eigenvalue weighted by atomic mass is 10.2. The van der Waals surface area contributed by atoms with E-state index in [0.29, 0.717) is 18.9 Å². The highest BCUT2D eigenvalue weighted by molar-refractivity contribution is 5.84. The molecule has 0 fully saturated rings. The van der Waals surface area contributed by atoms with Gasteiger partial charge in [0, 0.05) is 17.9 Å². The van der Waals surface area contributed by atoms with Gasteiger partial charge in [0.25, 0.3) is 0 Å². The van der Waals surface area contributed by atoms with Crippen LogP contribution >= 0.6 is 0 Å². The molecule has 0 aromatic heterocycles. The fraction of sp³-hybridized carbons (Fsp3) is 0.450. The normalized spacial score (nSPS) is 10.0. The zero-order valence-corrected chi connectivity index (χ0v) is 15.9. The molecule has 0 aliphatic heterocycles. The summed E-state index contributed by atoms with van der Waals surface area (Å²) in [6.07, 6.45) is 8.35. The largest absolute Gasteiger partial charge is 0.493 e. The first-order valence-electron chi connectivity index (χ1n) is 8.52. The lowest BCUT2D eigenvalue weighted by Crippen LogP contribution is -2.13. The van der Waals surface area contributed by atoms with Gasteiger partial charge in [0.1, 0.15) is 5.75 Å². The SMILES string of the molecule is C#CN/C=C(\C)CC.CCCOc1ccc(NC(=O)OCC)cc1C. The molecule has 0 atom stereocenters. The van der Waals surface area contributed by atoms with E-state index in [1.165, 1.54) is 5.57 Å². The third-order valence-electron chi connectivity index (χ3n) is 3.12. The molecule has 0 aliphatic carbocycles. The Labute approximate surface area is 151 Å². The Balaban J connectivity index is 0.000000609. The predicted octanol–water partition coefficient (Wildman–Crippen LogP) is 4.83. The van der Waals surface area contributed by atoms with E-state index in [-0.39, 0.29) is 0 Å². The summed E-state index contributed by atoms with van der Waals surface area (Å²) in [7, 11) is 0. The van der Waals surface area contributed by atoms with Crippen molar-refractivity contribution in [3.8, 4) is 18.2 Å². The first kappa shape index (κ1) is 22.4. The van der Waals surface area contributed by atoms with Crippen LogP contribution in [0.25, 0.3) is 0 Å². The van der Waals surface area contributed by atoms with Crippen LogP contribution in [-0.2, 0) is 4.74 Å². The van der Waals surface area contributed by atoms with Gasteiger partial charge in [0.15, 0.2) is 0 Å². The fourth-order valence-corrected chi connectivity index (χ4v) is 1.65. The molecule has 0 bridgehead atoms. The molecule has 1 amide bonds. The van der Waals surface area contributed by atoms with Gasteiger partial charge in [0.05, 0.1) is 13.2 Å². The van der Waals surface area contributed by atoms with Crippen LogP contribution in [0.4, 0.5) is 10.5 Å². The topological polar surface area (TPSA) is 59.6 Å². The van der Waals surface area contributed by atoms with Crippen molar-refractivity contribution in [2.75, 3.05) is 18.5 Å². The van der Waals surface area contributed by atoms with E-state index < -0.39 is 6.09 Å². The van der Waals surface area contributed by atoms with E-state index in [9.17, 15) is 4.79 Å². The average Bonchev–Trinajstić information content (AvgIpc) is 2.59. The quantitative estimate of drug-likeness (QED) is 0.548. The molecule has 1 rings (SSSR count). The van der Waals surface area contributed by atoms with Gasteiger partial charge in [0.2, 0.25) is 0 Å². The van der Waals surface area contributed by atoms with E-state index in [0.717, 1.165) is 24.2 Å². The first-order valence-corrected chi connectivity index (χ1v) is 8.52. The number of rotatable bonds is 7. The number of hydrogen-bond acceptors (Lipinski definition) is 4. The highest BCUT2D eigenvalue weighted by Gasteiger charge is 2.04. The van der Waals surface area contributed by atoms with Crippen LogP contribution in [0, 0.1) is 19.4 Å². The minimum Gasteiger partial charge on any atom is -0.493 e. The van der Waals surface area contributed by atoms with Gasteiger partial charge in [-0.2, -0.15) is 0 Å². The molecule has 1 aromatic rings. The van der Waals surface area contributed by atoms with Crippen molar-refractivity contribution in [3.63, 3.8) is 0 Å². The van der Waals surface area contributed by atoms with Crippen molar-refractivity contribution in [1.29, 1.82) is 0 Å². The second-order valence-corrected chi connectivity index (χ2v) is 5.31. The Morgan fingerprint density at radius 2 is 2.04 bits per heavy atom. The molecule has 0 aliphatic rings. The van der Waals surface area contributed by atoms with Crippen LogP contribution in [0.3, 0.4) is 0 Å². The smallest absolute Gasteiger partial charge is 0.411 e. The Morgan fingerprint density at radius 3 is 2.56 bits per heavy atom. The number of terminal acetylenes is 1. The molecule has 5 nitrogen and oxygen atoms in total. The molecule has 0 unspecified atom stereocenters. The zero-order chi connectivity index (χ0) is 19.1. The minimum atomic E-state index is -0.436. The monoisotopic (exact) mass is 346 g/mol. The molecule has 1 aromatic carbocycles. The number of aryl methyl sites for hydroxylation is 1. The van der Waals surface area contributed by atoms with Crippen LogP contribution in [-0.4, -0.2) is 19.3 Å². The Hall–Kier alpha value is -2.61. The summed E-state index contributed by atoms with van der Waals surface area (Å²) in [5, 5.41) is 5.31.